The van der Waals surface area contributed by atoms with E-state index in [1.807, 2.05) is 0 Å². The van der Waals surface area contributed by atoms with Gasteiger partial charge in [0.1, 0.15) is 34.6 Å². The Balaban J connectivity index is 1.32. The van der Waals surface area contributed by atoms with Crippen molar-refractivity contribution in [3.8, 4) is 23.0 Å². The number of benzene rings is 3. The summed E-state index contributed by atoms with van der Waals surface area (Å²) in [5, 5.41) is 7.59. The highest BCUT2D eigenvalue weighted by Crippen LogP contribution is 2.38. The molecule has 33 heavy (non-hydrogen) atoms. The maximum Gasteiger partial charge on any atom is 0.231 e. The maximum atomic E-state index is 14.3. The van der Waals surface area contributed by atoms with Crippen molar-refractivity contribution in [2.75, 3.05) is 6.79 Å². The third-order valence-corrected chi connectivity index (χ3v) is 5.31. The van der Waals surface area contributed by atoms with Gasteiger partial charge in [0.15, 0.2) is 17.2 Å². The van der Waals surface area contributed by atoms with Crippen molar-refractivity contribution in [2.24, 2.45) is 5.73 Å². The largest absolute Gasteiger partial charge is 0.455 e. The molecule has 9 nitrogen and oxygen atoms in total. The molecule has 10 heteroatoms. The first-order chi connectivity index (χ1) is 16.0. The van der Waals surface area contributed by atoms with E-state index in [0.717, 1.165) is 11.0 Å². The Morgan fingerprint density at radius 3 is 2.70 bits per heavy atom. The third kappa shape index (κ3) is 3.47. The zero-order chi connectivity index (χ0) is 22.5. The molecule has 0 amide bonds. The van der Waals surface area contributed by atoms with E-state index >= 15 is 0 Å². The molecule has 0 unspecified atom stereocenters. The van der Waals surface area contributed by atoms with Crippen LogP contribution in [0.1, 0.15) is 17.2 Å². The van der Waals surface area contributed by atoms with Gasteiger partial charge in [0, 0.05) is 17.7 Å². The summed E-state index contributed by atoms with van der Waals surface area (Å²) in [6.07, 6.45) is 0.365. The molecule has 0 fully saturated rings. The van der Waals surface area contributed by atoms with Crippen LogP contribution in [0.5, 0.6) is 23.0 Å². The third-order valence-electron chi connectivity index (χ3n) is 5.31. The predicted molar refractivity (Wildman–Crippen MR) is 119 cm³/mol. The SMILES string of the molecule is N=C(N)c1ccc2nc(Cc3nc4c(Oc5ccc6c(c5)OCO6)cc(F)cc4[nH]3)[nH]c2c1. The summed E-state index contributed by atoms with van der Waals surface area (Å²) in [6.45, 7) is 0.156. The number of nitrogens with zero attached hydrogens (tertiary/aromatic N) is 2. The molecular formula is C23H17FN6O3. The molecule has 5 N–H and O–H groups in total. The Hall–Kier alpha value is -4.60. The lowest BCUT2D eigenvalue weighted by molar-refractivity contribution is 0.174. The predicted octanol–water partition coefficient (Wildman–Crippen LogP) is 3.97. The lowest BCUT2D eigenvalue weighted by Gasteiger charge is -2.07. The number of aromatic amines is 2. The van der Waals surface area contributed by atoms with Gasteiger partial charge in [0.05, 0.1) is 23.0 Å². The van der Waals surface area contributed by atoms with E-state index in [4.69, 9.17) is 25.4 Å². The lowest BCUT2D eigenvalue weighted by atomic mass is 10.2. The Morgan fingerprint density at radius 2 is 1.82 bits per heavy atom. The van der Waals surface area contributed by atoms with Gasteiger partial charge >= 0.3 is 0 Å². The average molecular weight is 444 g/mol. The zero-order valence-electron chi connectivity index (χ0n) is 17.1. The van der Waals surface area contributed by atoms with E-state index in [2.05, 4.69) is 19.9 Å². The smallest absolute Gasteiger partial charge is 0.231 e. The van der Waals surface area contributed by atoms with E-state index < -0.39 is 5.82 Å². The van der Waals surface area contributed by atoms with Crippen molar-refractivity contribution >= 4 is 27.9 Å². The number of nitrogens with two attached hydrogens (primary N) is 1. The van der Waals surface area contributed by atoms with Gasteiger partial charge in [-0.3, -0.25) is 5.41 Å². The van der Waals surface area contributed by atoms with Gasteiger partial charge in [-0.15, -0.1) is 0 Å². The first-order valence-corrected chi connectivity index (χ1v) is 10.1. The van der Waals surface area contributed by atoms with E-state index in [1.54, 1.807) is 36.4 Å². The number of imidazole rings is 2. The van der Waals surface area contributed by atoms with Gasteiger partial charge in [-0.2, -0.15) is 0 Å². The van der Waals surface area contributed by atoms with Crippen LogP contribution >= 0.6 is 0 Å². The van der Waals surface area contributed by atoms with Crippen molar-refractivity contribution in [1.29, 1.82) is 5.41 Å². The molecule has 0 saturated heterocycles. The topological polar surface area (TPSA) is 135 Å². The summed E-state index contributed by atoms with van der Waals surface area (Å²) in [7, 11) is 0. The minimum atomic E-state index is -0.450. The molecule has 164 valence electrons. The Labute approximate surface area is 185 Å². The van der Waals surface area contributed by atoms with Gasteiger partial charge in [-0.25, -0.2) is 14.4 Å². The molecule has 0 atom stereocenters. The van der Waals surface area contributed by atoms with Gasteiger partial charge in [0.25, 0.3) is 0 Å². The summed E-state index contributed by atoms with van der Waals surface area (Å²) < 4.78 is 30.9. The minimum Gasteiger partial charge on any atom is -0.455 e. The molecule has 3 heterocycles. The second-order valence-electron chi connectivity index (χ2n) is 7.61. The molecule has 0 bridgehead atoms. The summed E-state index contributed by atoms with van der Waals surface area (Å²) >= 11 is 0. The molecule has 0 spiro atoms. The van der Waals surface area contributed by atoms with Gasteiger partial charge in [-0.05, 0) is 36.4 Å². The van der Waals surface area contributed by atoms with E-state index in [9.17, 15) is 4.39 Å². The number of ether oxygens (including phenoxy) is 3. The van der Waals surface area contributed by atoms with Crippen LogP contribution in [0.3, 0.4) is 0 Å². The molecule has 6 rings (SSSR count). The molecule has 0 saturated carbocycles. The minimum absolute atomic E-state index is 0.0117. The van der Waals surface area contributed by atoms with Crippen LogP contribution in [0.4, 0.5) is 4.39 Å². The highest BCUT2D eigenvalue weighted by Gasteiger charge is 2.17. The number of amidine groups is 1. The number of aromatic nitrogens is 4. The molecule has 0 radical (unpaired) electrons. The number of hydrogen-bond acceptors (Lipinski definition) is 6. The fourth-order valence-corrected chi connectivity index (χ4v) is 3.80. The van der Waals surface area contributed by atoms with Gasteiger partial charge in [-0.1, -0.05) is 0 Å². The summed E-state index contributed by atoms with van der Waals surface area (Å²) in [5.74, 6) is 2.77. The number of rotatable bonds is 5. The fraction of sp³-hybridized carbons (Fsp3) is 0.0870. The highest BCUT2D eigenvalue weighted by atomic mass is 19.1. The van der Waals surface area contributed by atoms with Crippen molar-refractivity contribution in [1.82, 2.24) is 19.9 Å². The Morgan fingerprint density at radius 1 is 1.00 bits per heavy atom. The van der Waals surface area contributed by atoms with Crippen LogP contribution < -0.4 is 19.9 Å². The van der Waals surface area contributed by atoms with Crippen LogP contribution in [0, 0.1) is 11.2 Å². The van der Waals surface area contributed by atoms with Gasteiger partial charge < -0.3 is 29.9 Å². The van der Waals surface area contributed by atoms with Crippen LogP contribution in [0.2, 0.25) is 0 Å². The summed E-state index contributed by atoms with van der Waals surface area (Å²) in [4.78, 5) is 15.5. The van der Waals surface area contributed by atoms with Crippen molar-refractivity contribution in [3.63, 3.8) is 0 Å². The van der Waals surface area contributed by atoms with Gasteiger partial charge in [0.2, 0.25) is 6.79 Å². The number of hydrogen-bond donors (Lipinski definition) is 4. The second kappa shape index (κ2) is 7.23. The van der Waals surface area contributed by atoms with E-state index in [-0.39, 0.29) is 18.4 Å². The molecule has 1 aliphatic rings. The number of fused-ring (bicyclic) bond motifs is 3. The normalized spacial score (nSPS) is 12.5. The summed E-state index contributed by atoms with van der Waals surface area (Å²) in [6, 6.07) is 13.1. The first-order valence-electron chi connectivity index (χ1n) is 10.1. The van der Waals surface area contributed by atoms with Crippen LogP contribution in [-0.4, -0.2) is 32.6 Å². The number of nitrogens with one attached hydrogen (secondary N) is 3. The van der Waals surface area contributed by atoms with Crippen LogP contribution in [-0.2, 0) is 6.42 Å². The van der Waals surface area contributed by atoms with E-state index in [1.165, 1.54) is 12.1 Å². The van der Waals surface area contributed by atoms with Crippen LogP contribution in [0.15, 0.2) is 48.5 Å². The van der Waals surface area contributed by atoms with Crippen molar-refractivity contribution in [2.45, 2.75) is 6.42 Å². The standard InChI is InChI=1S/C23H17FN6O3/c24-12-6-16-22(19(7-12)33-13-2-4-17-18(8-13)32-10-31-17)30-21(29-16)9-20-27-14-3-1-11(23(25)26)5-15(14)28-20/h1-8H,9-10H2,(H3,25,26)(H,27,28)(H,29,30). The fourth-order valence-electron chi connectivity index (χ4n) is 3.80. The zero-order valence-corrected chi connectivity index (χ0v) is 17.1. The Bertz CT molecular complexity index is 1560. The highest BCUT2D eigenvalue weighted by molar-refractivity contribution is 5.97. The lowest BCUT2D eigenvalue weighted by Crippen LogP contribution is -2.10. The molecule has 3 aromatic carbocycles. The van der Waals surface area contributed by atoms with Crippen molar-refractivity contribution < 1.29 is 18.6 Å². The molecular weight excluding hydrogens is 427 g/mol. The monoisotopic (exact) mass is 444 g/mol. The van der Waals surface area contributed by atoms with Crippen LogP contribution in [0.25, 0.3) is 22.1 Å². The first kappa shape index (κ1) is 19.1. The quantitative estimate of drug-likeness (QED) is 0.239. The summed E-state index contributed by atoms with van der Waals surface area (Å²) in [5.41, 5.74) is 8.71. The molecule has 1 aliphatic heterocycles. The Kier molecular flexibility index (Phi) is 4.19. The molecule has 0 aliphatic carbocycles. The average Bonchev–Trinajstić information content (AvgIpc) is 3.50. The molecule has 5 aromatic rings. The van der Waals surface area contributed by atoms with Crippen molar-refractivity contribution in [3.05, 3.63) is 71.6 Å². The van der Waals surface area contributed by atoms with E-state index in [0.29, 0.717) is 51.9 Å². The molecule has 2 aromatic heterocycles. The second-order valence-corrected chi connectivity index (χ2v) is 7.61. The maximum absolute atomic E-state index is 14.3. The number of H-pyrrole nitrogens is 2. The number of halogens is 1. The number of nitrogen functional groups attached to an aromatic ring is 1.